The lowest BCUT2D eigenvalue weighted by Gasteiger charge is -2.18. The van der Waals surface area contributed by atoms with E-state index in [0.29, 0.717) is 19.1 Å². The van der Waals surface area contributed by atoms with E-state index in [1.54, 1.807) is 12.1 Å². The molecule has 2 unspecified atom stereocenters. The first-order valence-electron chi connectivity index (χ1n) is 6.25. The van der Waals surface area contributed by atoms with Crippen molar-refractivity contribution in [3.05, 3.63) is 39.9 Å². The van der Waals surface area contributed by atoms with Crippen molar-refractivity contribution < 1.29 is 9.66 Å². The van der Waals surface area contributed by atoms with Crippen LogP contribution in [0.25, 0.3) is 0 Å². The van der Waals surface area contributed by atoms with Gasteiger partial charge in [0.25, 0.3) is 5.69 Å². The summed E-state index contributed by atoms with van der Waals surface area (Å²) in [7, 11) is 0. The molecule has 0 bridgehead atoms. The summed E-state index contributed by atoms with van der Waals surface area (Å²) >= 11 is 0. The number of nitro benzene ring substituents is 1. The van der Waals surface area contributed by atoms with Gasteiger partial charge in [0.05, 0.1) is 17.6 Å². The SMILES string of the molecule is NCC1CCCC1OCc1cccc([N+](=O)[O-])c1. The molecule has 98 valence electrons. The van der Waals surface area contributed by atoms with Gasteiger partial charge in [0, 0.05) is 12.1 Å². The molecule has 0 radical (unpaired) electrons. The lowest BCUT2D eigenvalue weighted by Crippen LogP contribution is -2.25. The third kappa shape index (κ3) is 3.05. The lowest BCUT2D eigenvalue weighted by atomic mass is 10.1. The molecule has 1 fully saturated rings. The average molecular weight is 250 g/mol. The number of nitrogens with zero attached hydrogens (tertiary/aromatic N) is 1. The van der Waals surface area contributed by atoms with Crippen molar-refractivity contribution in [3.63, 3.8) is 0 Å². The van der Waals surface area contributed by atoms with Gasteiger partial charge in [-0.25, -0.2) is 0 Å². The van der Waals surface area contributed by atoms with Gasteiger partial charge >= 0.3 is 0 Å². The van der Waals surface area contributed by atoms with Crippen LogP contribution in [0.3, 0.4) is 0 Å². The second kappa shape index (κ2) is 5.93. The van der Waals surface area contributed by atoms with Crippen LogP contribution in [0, 0.1) is 16.0 Å². The van der Waals surface area contributed by atoms with Gasteiger partial charge in [0.1, 0.15) is 0 Å². The maximum absolute atomic E-state index is 10.7. The van der Waals surface area contributed by atoms with E-state index in [9.17, 15) is 10.1 Å². The topological polar surface area (TPSA) is 78.4 Å². The zero-order valence-corrected chi connectivity index (χ0v) is 10.2. The number of rotatable bonds is 5. The van der Waals surface area contributed by atoms with E-state index in [2.05, 4.69) is 0 Å². The van der Waals surface area contributed by atoms with Crippen molar-refractivity contribution in [2.24, 2.45) is 11.7 Å². The van der Waals surface area contributed by atoms with E-state index in [4.69, 9.17) is 10.5 Å². The summed E-state index contributed by atoms with van der Waals surface area (Å²) in [5, 5.41) is 10.7. The Morgan fingerprint density at radius 3 is 3.00 bits per heavy atom. The Hall–Kier alpha value is -1.46. The molecule has 1 saturated carbocycles. The molecular formula is C13H18N2O3. The Bertz CT molecular complexity index is 422. The molecule has 0 spiro atoms. The van der Waals surface area contributed by atoms with Crippen LogP contribution in [0.1, 0.15) is 24.8 Å². The molecule has 1 aliphatic rings. The molecule has 1 aromatic carbocycles. The van der Waals surface area contributed by atoms with E-state index in [1.165, 1.54) is 6.07 Å². The van der Waals surface area contributed by atoms with Gasteiger partial charge < -0.3 is 10.5 Å². The molecule has 0 heterocycles. The van der Waals surface area contributed by atoms with Crippen LogP contribution < -0.4 is 5.73 Å². The molecule has 5 nitrogen and oxygen atoms in total. The van der Waals surface area contributed by atoms with Gasteiger partial charge in [-0.05, 0) is 30.9 Å². The first-order valence-corrected chi connectivity index (χ1v) is 6.25. The molecule has 1 aliphatic carbocycles. The molecular weight excluding hydrogens is 232 g/mol. The summed E-state index contributed by atoms with van der Waals surface area (Å²) in [5.41, 5.74) is 6.64. The second-order valence-electron chi connectivity index (χ2n) is 4.70. The Balaban J connectivity index is 1.93. The van der Waals surface area contributed by atoms with Crippen molar-refractivity contribution in [2.45, 2.75) is 32.0 Å². The van der Waals surface area contributed by atoms with Gasteiger partial charge in [0.15, 0.2) is 0 Å². The zero-order chi connectivity index (χ0) is 13.0. The highest BCUT2D eigenvalue weighted by Gasteiger charge is 2.26. The highest BCUT2D eigenvalue weighted by molar-refractivity contribution is 5.33. The van der Waals surface area contributed by atoms with Crippen LogP contribution in [0.4, 0.5) is 5.69 Å². The number of hydrogen-bond acceptors (Lipinski definition) is 4. The van der Waals surface area contributed by atoms with Crippen LogP contribution in [-0.4, -0.2) is 17.6 Å². The fraction of sp³-hybridized carbons (Fsp3) is 0.538. The Morgan fingerprint density at radius 2 is 2.28 bits per heavy atom. The number of nitrogens with two attached hydrogens (primary N) is 1. The minimum absolute atomic E-state index is 0.109. The molecule has 2 rings (SSSR count). The summed E-state index contributed by atoms with van der Waals surface area (Å²) in [4.78, 5) is 10.3. The van der Waals surface area contributed by atoms with E-state index < -0.39 is 0 Å². The lowest BCUT2D eigenvalue weighted by molar-refractivity contribution is -0.385. The molecule has 2 atom stereocenters. The molecule has 1 aromatic rings. The van der Waals surface area contributed by atoms with Crippen molar-refractivity contribution >= 4 is 5.69 Å². The quantitative estimate of drug-likeness (QED) is 0.642. The van der Waals surface area contributed by atoms with Crippen molar-refractivity contribution in [2.75, 3.05) is 6.54 Å². The standard InChI is InChI=1S/C13H18N2O3/c14-8-11-4-2-6-13(11)18-9-10-3-1-5-12(7-10)15(16)17/h1,3,5,7,11,13H,2,4,6,8-9,14H2. The molecule has 0 saturated heterocycles. The number of ether oxygens (including phenoxy) is 1. The maximum Gasteiger partial charge on any atom is 0.269 e. The second-order valence-corrected chi connectivity index (χ2v) is 4.70. The summed E-state index contributed by atoms with van der Waals surface area (Å²) < 4.78 is 5.82. The van der Waals surface area contributed by atoms with Crippen LogP contribution in [0.15, 0.2) is 24.3 Å². The predicted molar refractivity (Wildman–Crippen MR) is 68.1 cm³/mol. The predicted octanol–water partition coefficient (Wildman–Crippen LogP) is 2.24. The van der Waals surface area contributed by atoms with Crippen LogP contribution >= 0.6 is 0 Å². The normalized spacial score (nSPS) is 23.2. The molecule has 2 N–H and O–H groups in total. The fourth-order valence-corrected chi connectivity index (χ4v) is 2.45. The summed E-state index contributed by atoms with van der Waals surface area (Å²) in [6.45, 7) is 1.07. The highest BCUT2D eigenvalue weighted by Crippen LogP contribution is 2.28. The van der Waals surface area contributed by atoms with Gasteiger partial charge in [0.2, 0.25) is 0 Å². The van der Waals surface area contributed by atoms with Gasteiger partial charge in [-0.3, -0.25) is 10.1 Å². The van der Waals surface area contributed by atoms with Crippen LogP contribution in [0.2, 0.25) is 0 Å². The minimum atomic E-state index is -0.387. The molecule has 0 aliphatic heterocycles. The van der Waals surface area contributed by atoms with Gasteiger partial charge in [-0.15, -0.1) is 0 Å². The maximum atomic E-state index is 10.7. The third-order valence-corrected chi connectivity index (χ3v) is 3.48. The fourth-order valence-electron chi connectivity index (χ4n) is 2.45. The van der Waals surface area contributed by atoms with E-state index in [0.717, 1.165) is 24.8 Å². The largest absolute Gasteiger partial charge is 0.373 e. The summed E-state index contributed by atoms with van der Waals surface area (Å²) in [6, 6.07) is 6.58. The minimum Gasteiger partial charge on any atom is -0.373 e. The number of hydrogen-bond donors (Lipinski definition) is 1. The summed E-state index contributed by atoms with van der Waals surface area (Å²) in [6.07, 6.45) is 3.52. The van der Waals surface area contributed by atoms with Crippen LogP contribution in [0.5, 0.6) is 0 Å². The number of benzene rings is 1. The highest BCUT2D eigenvalue weighted by atomic mass is 16.6. The average Bonchev–Trinajstić information content (AvgIpc) is 2.84. The first kappa shape index (κ1) is 13.0. The van der Waals surface area contributed by atoms with Gasteiger partial charge in [-0.1, -0.05) is 18.6 Å². The number of nitro groups is 1. The van der Waals surface area contributed by atoms with Crippen LogP contribution in [-0.2, 0) is 11.3 Å². The zero-order valence-electron chi connectivity index (χ0n) is 10.2. The molecule has 0 amide bonds. The molecule has 0 aromatic heterocycles. The van der Waals surface area contributed by atoms with E-state index >= 15 is 0 Å². The van der Waals surface area contributed by atoms with Crippen molar-refractivity contribution in [3.8, 4) is 0 Å². The first-order chi connectivity index (χ1) is 8.70. The monoisotopic (exact) mass is 250 g/mol. The third-order valence-electron chi connectivity index (χ3n) is 3.48. The molecule has 5 heteroatoms. The van der Waals surface area contributed by atoms with Crippen molar-refractivity contribution in [1.29, 1.82) is 0 Å². The summed E-state index contributed by atoms with van der Waals surface area (Å²) in [5.74, 6) is 0.434. The van der Waals surface area contributed by atoms with E-state index in [1.807, 2.05) is 6.07 Å². The van der Waals surface area contributed by atoms with E-state index in [-0.39, 0.29) is 16.7 Å². The Morgan fingerprint density at radius 1 is 1.44 bits per heavy atom. The smallest absolute Gasteiger partial charge is 0.269 e. The van der Waals surface area contributed by atoms with Crippen molar-refractivity contribution in [1.82, 2.24) is 0 Å². The Kier molecular flexibility index (Phi) is 4.28. The van der Waals surface area contributed by atoms with Gasteiger partial charge in [-0.2, -0.15) is 0 Å². The number of non-ortho nitro benzene ring substituents is 1. The molecule has 18 heavy (non-hydrogen) atoms. The Labute approximate surface area is 106 Å².